The fraction of sp³-hybridized carbons (Fsp3) is 0.300. The van der Waals surface area contributed by atoms with E-state index in [9.17, 15) is 39.6 Å². The number of nitrogens with one attached hydrogen (secondary N) is 1. The Balaban J connectivity index is 1.77. The lowest BCUT2D eigenvalue weighted by molar-refractivity contribution is -0.139. The van der Waals surface area contributed by atoms with Crippen LogP contribution in [-0.2, 0) is 26.2 Å². The normalized spacial score (nSPS) is 16.2. The third-order valence-electron chi connectivity index (χ3n) is 5.32. The minimum absolute atomic E-state index is 0.0638. The van der Waals surface area contributed by atoms with E-state index in [1.165, 1.54) is 18.2 Å². The van der Waals surface area contributed by atoms with Crippen molar-refractivity contribution >= 4 is 32.0 Å². The zero-order chi connectivity index (χ0) is 26.2. The van der Waals surface area contributed by atoms with E-state index in [2.05, 4.69) is 4.72 Å². The molecule has 3 N–H and O–H groups in total. The Labute approximate surface area is 198 Å². The molecule has 0 radical (unpaired) electrons. The first-order chi connectivity index (χ1) is 16.1. The highest BCUT2D eigenvalue weighted by Gasteiger charge is 2.39. The van der Waals surface area contributed by atoms with E-state index in [4.69, 9.17) is 10.2 Å². The summed E-state index contributed by atoms with van der Waals surface area (Å²) in [5.74, 6) is -2.97. The molecule has 1 heterocycles. The monoisotopic (exact) mass is 536 g/mol. The van der Waals surface area contributed by atoms with Crippen LogP contribution >= 0.6 is 0 Å². The molecule has 0 saturated carbocycles. The van der Waals surface area contributed by atoms with Crippen LogP contribution in [0.4, 0.5) is 13.2 Å². The lowest BCUT2D eigenvalue weighted by Gasteiger charge is -2.31. The van der Waals surface area contributed by atoms with Gasteiger partial charge < -0.3 is 10.2 Å². The summed E-state index contributed by atoms with van der Waals surface area (Å²) in [6, 6.07) is 5.35. The minimum Gasteiger partial charge on any atom is -0.478 e. The van der Waals surface area contributed by atoms with Gasteiger partial charge in [-0.1, -0.05) is 6.07 Å². The summed E-state index contributed by atoms with van der Waals surface area (Å²) >= 11 is 0. The zero-order valence-electron chi connectivity index (χ0n) is 17.7. The largest absolute Gasteiger partial charge is 0.478 e. The number of hydrogen-bond donors (Lipinski definition) is 3. The number of piperidine rings is 1. The van der Waals surface area contributed by atoms with Gasteiger partial charge in [0, 0.05) is 19.1 Å². The molecule has 1 aliphatic rings. The molecule has 1 aliphatic heterocycles. The Bertz CT molecular complexity index is 1370. The Morgan fingerprint density at radius 3 is 2.03 bits per heavy atom. The van der Waals surface area contributed by atoms with Crippen molar-refractivity contribution in [1.29, 1.82) is 0 Å². The zero-order valence-corrected chi connectivity index (χ0v) is 19.3. The molecule has 190 valence electrons. The second-order valence-corrected chi connectivity index (χ2v) is 11.3. The first-order valence-corrected chi connectivity index (χ1v) is 12.9. The Morgan fingerprint density at radius 2 is 1.49 bits per heavy atom. The number of carboxylic acids is 2. The molecule has 2 aromatic rings. The molecule has 0 spiro atoms. The molecule has 0 aliphatic carbocycles. The number of hydrogen-bond acceptors (Lipinski definition) is 6. The first-order valence-electron chi connectivity index (χ1n) is 9.93. The number of carbonyl (C=O) groups is 2. The second-order valence-electron chi connectivity index (χ2n) is 7.65. The number of alkyl halides is 3. The lowest BCUT2D eigenvalue weighted by atomic mass is 10.1. The minimum atomic E-state index is -5.14. The first kappa shape index (κ1) is 26.6. The number of rotatable bonds is 7. The summed E-state index contributed by atoms with van der Waals surface area (Å²) in [6.07, 6.45) is -5.27. The van der Waals surface area contributed by atoms with Crippen molar-refractivity contribution in [3.63, 3.8) is 0 Å². The van der Waals surface area contributed by atoms with Gasteiger partial charge in [-0.15, -0.1) is 0 Å². The van der Waals surface area contributed by atoms with Crippen LogP contribution in [0, 0.1) is 0 Å². The maximum atomic E-state index is 13.4. The molecule has 0 unspecified atom stereocenters. The van der Waals surface area contributed by atoms with Gasteiger partial charge in [0.1, 0.15) is 0 Å². The maximum Gasteiger partial charge on any atom is 0.417 e. The van der Waals surface area contributed by atoms with Crippen molar-refractivity contribution in [3.05, 3.63) is 59.2 Å². The molecule has 35 heavy (non-hydrogen) atoms. The number of nitrogens with zero attached hydrogens (tertiary/aromatic N) is 1. The Hall–Kier alpha value is -3.01. The van der Waals surface area contributed by atoms with Gasteiger partial charge >= 0.3 is 18.1 Å². The molecule has 0 amide bonds. The topological polar surface area (TPSA) is 158 Å². The van der Waals surface area contributed by atoms with Crippen LogP contribution in [0.2, 0.25) is 0 Å². The van der Waals surface area contributed by atoms with Crippen molar-refractivity contribution in [2.24, 2.45) is 0 Å². The van der Waals surface area contributed by atoms with Gasteiger partial charge in [-0.05, 0) is 49.2 Å². The number of halogens is 3. The molecule has 15 heteroatoms. The summed E-state index contributed by atoms with van der Waals surface area (Å²) in [6.45, 7) is -0.339. The van der Waals surface area contributed by atoms with Crippen molar-refractivity contribution in [3.8, 4) is 0 Å². The number of benzene rings is 2. The highest BCUT2D eigenvalue weighted by Crippen LogP contribution is 2.35. The van der Waals surface area contributed by atoms with E-state index in [1.807, 2.05) is 0 Å². The van der Waals surface area contributed by atoms with Crippen molar-refractivity contribution < 1.29 is 49.8 Å². The Morgan fingerprint density at radius 1 is 0.914 bits per heavy atom. The Kier molecular flexibility index (Phi) is 7.26. The van der Waals surface area contributed by atoms with E-state index in [0.717, 1.165) is 16.4 Å². The number of carboxylic acid groups (broad SMARTS) is 2. The summed E-state index contributed by atoms with van der Waals surface area (Å²) in [5, 5.41) is 18.0. The van der Waals surface area contributed by atoms with Gasteiger partial charge in [0.05, 0.1) is 26.5 Å². The van der Waals surface area contributed by atoms with E-state index in [1.54, 1.807) is 0 Å². The van der Waals surface area contributed by atoms with Crippen molar-refractivity contribution in [2.45, 2.75) is 34.9 Å². The van der Waals surface area contributed by atoms with E-state index >= 15 is 0 Å². The molecule has 0 bridgehead atoms. The molecule has 1 fully saturated rings. The summed E-state index contributed by atoms with van der Waals surface area (Å²) in [5.41, 5.74) is -2.60. The average Bonchev–Trinajstić information content (AvgIpc) is 2.78. The second kappa shape index (κ2) is 9.56. The van der Waals surface area contributed by atoms with E-state index in [-0.39, 0.29) is 42.5 Å². The smallest absolute Gasteiger partial charge is 0.417 e. The summed E-state index contributed by atoms with van der Waals surface area (Å²) in [4.78, 5) is 20.7. The molecule has 2 aromatic carbocycles. The average molecular weight is 537 g/mol. The van der Waals surface area contributed by atoms with Gasteiger partial charge in [0.25, 0.3) is 0 Å². The fourth-order valence-electron chi connectivity index (χ4n) is 3.55. The van der Waals surface area contributed by atoms with E-state index < -0.39 is 60.2 Å². The maximum absolute atomic E-state index is 13.4. The van der Waals surface area contributed by atoms with Crippen LogP contribution in [0.1, 0.15) is 39.1 Å². The van der Waals surface area contributed by atoms with Gasteiger partial charge in [0.2, 0.25) is 20.0 Å². The van der Waals surface area contributed by atoms with Crippen LogP contribution in [0.5, 0.6) is 0 Å². The van der Waals surface area contributed by atoms with Crippen LogP contribution in [0.3, 0.4) is 0 Å². The predicted octanol–water partition coefficient (Wildman–Crippen LogP) is 2.23. The quantitative estimate of drug-likeness (QED) is 0.486. The van der Waals surface area contributed by atoms with Crippen molar-refractivity contribution in [1.82, 2.24) is 9.03 Å². The van der Waals surface area contributed by atoms with Crippen LogP contribution < -0.4 is 4.72 Å². The third kappa shape index (κ3) is 5.80. The van der Waals surface area contributed by atoms with Crippen molar-refractivity contribution in [2.75, 3.05) is 13.1 Å². The standard InChI is InChI=1S/C20H19F3N2O8S2/c21-20(22,23)16-11-13(19(28)29)4-5-17(16)34(30,31)24-14-6-8-25(9-7-14)35(32,33)15-3-1-2-12(10-15)18(26)27/h1-5,10-11,14,24H,6-9H2,(H,26,27)(H,28,29). The molecule has 0 aromatic heterocycles. The van der Waals surface area contributed by atoms with Gasteiger partial charge in [-0.3, -0.25) is 0 Å². The van der Waals surface area contributed by atoms with E-state index in [0.29, 0.717) is 6.07 Å². The molecule has 0 atom stereocenters. The lowest BCUT2D eigenvalue weighted by Crippen LogP contribution is -2.46. The van der Waals surface area contributed by atoms with Gasteiger partial charge in [-0.2, -0.15) is 17.5 Å². The SMILES string of the molecule is O=C(O)c1cccc(S(=O)(=O)N2CCC(NS(=O)(=O)c3ccc(C(=O)O)cc3C(F)(F)F)CC2)c1. The number of sulfonamides is 2. The molecule has 10 nitrogen and oxygen atoms in total. The summed E-state index contributed by atoms with van der Waals surface area (Å²) in [7, 11) is -8.82. The van der Waals surface area contributed by atoms with Gasteiger partial charge in [-0.25, -0.2) is 31.1 Å². The van der Waals surface area contributed by atoms with Crippen LogP contribution in [0.15, 0.2) is 52.3 Å². The van der Waals surface area contributed by atoms with Crippen LogP contribution in [0.25, 0.3) is 0 Å². The van der Waals surface area contributed by atoms with Crippen LogP contribution in [-0.4, -0.2) is 62.4 Å². The fourth-order valence-corrected chi connectivity index (χ4v) is 6.58. The molecular weight excluding hydrogens is 517 g/mol. The molecular formula is C20H19F3N2O8S2. The van der Waals surface area contributed by atoms with Gasteiger partial charge in [0.15, 0.2) is 0 Å². The third-order valence-corrected chi connectivity index (χ3v) is 8.79. The molecule has 3 rings (SSSR count). The highest BCUT2D eigenvalue weighted by atomic mass is 32.2. The highest BCUT2D eigenvalue weighted by molar-refractivity contribution is 7.89. The summed E-state index contributed by atoms with van der Waals surface area (Å²) < 4.78 is 94.5. The number of aromatic carboxylic acids is 2. The molecule has 1 saturated heterocycles. The predicted molar refractivity (Wildman–Crippen MR) is 114 cm³/mol.